The first-order valence-electron chi connectivity index (χ1n) is 3.35. The number of pyridine rings is 1. The van der Waals surface area contributed by atoms with Gasteiger partial charge in [-0.05, 0) is 12.1 Å². The molecule has 0 aliphatic carbocycles. The van der Waals surface area contributed by atoms with Crippen LogP contribution in [0.2, 0.25) is 0 Å². The van der Waals surface area contributed by atoms with Crippen molar-refractivity contribution in [3.63, 3.8) is 0 Å². The number of hydrazine groups is 1. The number of anilines is 1. The van der Waals surface area contributed by atoms with Crippen LogP contribution < -0.4 is 5.43 Å². The summed E-state index contributed by atoms with van der Waals surface area (Å²) in [6, 6.07) is 1.66. The fourth-order valence-corrected chi connectivity index (χ4v) is 0.726. The van der Waals surface area contributed by atoms with E-state index < -0.39 is 16.8 Å². The molecule has 0 bridgehead atoms. The van der Waals surface area contributed by atoms with Crippen molar-refractivity contribution in [3.05, 3.63) is 28.8 Å². The minimum Gasteiger partial charge on any atom is -0.233 e. The lowest BCUT2D eigenvalue weighted by atomic mass is 10.3. The van der Waals surface area contributed by atoms with Crippen LogP contribution in [0.1, 0.15) is 5.56 Å². The molecule has 0 unspecified atom stereocenters. The van der Waals surface area contributed by atoms with Crippen molar-refractivity contribution in [1.82, 2.24) is 4.98 Å². The van der Waals surface area contributed by atoms with Gasteiger partial charge in [-0.25, -0.2) is 10.2 Å². The average Bonchev–Trinajstić information content (AvgIpc) is 2.02. The molecule has 0 atom stereocenters. The Morgan fingerprint density at radius 2 is 2.07 bits per heavy atom. The maximum atomic E-state index is 12.0. The third kappa shape index (κ3) is 2.57. The Balaban J connectivity index is 2.84. The monoisotopic (exact) mass is 208 g/mol. The van der Waals surface area contributed by atoms with E-state index in [1.54, 1.807) is 5.43 Å². The lowest BCUT2D eigenvalue weighted by Gasteiger charge is -2.04. The number of rotatable bonds is 2. The standard InChI is InChI=1S/C6H5F3N3O2/c7-6(8,9)4-1-2-5(10-3-4)11-12(13)14/h1-3H,(H,10,11)(H,13,14)/q+1. The molecule has 1 heterocycles. The van der Waals surface area contributed by atoms with Gasteiger partial charge in [0, 0.05) is 6.20 Å². The molecule has 1 aromatic rings. The van der Waals surface area contributed by atoms with Gasteiger partial charge in [-0.15, -0.1) is 0 Å². The lowest BCUT2D eigenvalue weighted by molar-refractivity contribution is -0.770. The van der Waals surface area contributed by atoms with Gasteiger partial charge in [0.1, 0.15) is 4.91 Å². The average molecular weight is 208 g/mol. The summed E-state index contributed by atoms with van der Waals surface area (Å²) in [5, 5.41) is 7.48. The van der Waals surface area contributed by atoms with Crippen molar-refractivity contribution in [1.29, 1.82) is 0 Å². The van der Waals surface area contributed by atoms with E-state index in [-0.39, 0.29) is 5.82 Å². The fourth-order valence-electron chi connectivity index (χ4n) is 0.726. The van der Waals surface area contributed by atoms with Gasteiger partial charge in [0.15, 0.2) is 5.82 Å². The van der Waals surface area contributed by atoms with Gasteiger partial charge in [0.05, 0.1) is 5.56 Å². The quantitative estimate of drug-likeness (QED) is 0.724. The number of alkyl halides is 3. The Labute approximate surface area is 75.7 Å². The molecule has 0 saturated heterocycles. The van der Waals surface area contributed by atoms with Crippen molar-refractivity contribution in [2.24, 2.45) is 0 Å². The van der Waals surface area contributed by atoms with Crippen LogP contribution in [0.3, 0.4) is 0 Å². The Morgan fingerprint density at radius 3 is 2.43 bits per heavy atom. The van der Waals surface area contributed by atoms with Crippen LogP contribution in [0, 0.1) is 4.91 Å². The van der Waals surface area contributed by atoms with Gasteiger partial charge in [0.2, 0.25) is 0 Å². The van der Waals surface area contributed by atoms with Crippen LogP contribution in [0.4, 0.5) is 19.0 Å². The van der Waals surface area contributed by atoms with E-state index in [4.69, 9.17) is 5.21 Å². The fraction of sp³-hybridized carbons (Fsp3) is 0.167. The van der Waals surface area contributed by atoms with Crippen molar-refractivity contribution in [3.8, 4) is 0 Å². The molecule has 2 N–H and O–H groups in total. The van der Waals surface area contributed by atoms with Crippen molar-refractivity contribution >= 4 is 5.82 Å². The molecule has 0 radical (unpaired) electrons. The molecule has 0 fully saturated rings. The van der Waals surface area contributed by atoms with Crippen molar-refractivity contribution in [2.75, 3.05) is 5.43 Å². The summed E-state index contributed by atoms with van der Waals surface area (Å²) in [5.74, 6) is -0.185. The number of aromatic nitrogens is 1. The molecule has 8 heteroatoms. The predicted octanol–water partition coefficient (Wildman–Crippen LogP) is 1.60. The summed E-state index contributed by atoms with van der Waals surface area (Å²) in [7, 11) is 0. The van der Waals surface area contributed by atoms with Crippen LogP contribution >= 0.6 is 0 Å². The third-order valence-electron chi connectivity index (χ3n) is 1.30. The third-order valence-corrected chi connectivity index (χ3v) is 1.30. The predicted molar refractivity (Wildman–Crippen MR) is 38.3 cm³/mol. The first-order valence-corrected chi connectivity index (χ1v) is 3.35. The molecule has 0 amide bonds. The van der Waals surface area contributed by atoms with Crippen LogP contribution in [0.15, 0.2) is 18.3 Å². The molecule has 1 aromatic heterocycles. The maximum absolute atomic E-state index is 12.0. The van der Waals surface area contributed by atoms with Gasteiger partial charge >= 0.3 is 11.2 Å². The van der Waals surface area contributed by atoms with E-state index in [2.05, 4.69) is 4.98 Å². The van der Waals surface area contributed by atoms with Crippen LogP contribution in [-0.2, 0) is 6.18 Å². The Morgan fingerprint density at radius 1 is 1.43 bits per heavy atom. The highest BCUT2D eigenvalue weighted by molar-refractivity contribution is 5.33. The second-order valence-corrected chi connectivity index (χ2v) is 2.31. The van der Waals surface area contributed by atoms with Gasteiger partial charge in [-0.1, -0.05) is 5.43 Å². The van der Waals surface area contributed by atoms with Gasteiger partial charge in [-0.2, -0.15) is 13.2 Å². The highest BCUT2D eigenvalue weighted by atomic mass is 19.4. The second kappa shape index (κ2) is 3.48. The minimum absolute atomic E-state index is 0.185. The normalized spacial score (nSPS) is 11.1. The van der Waals surface area contributed by atoms with E-state index in [9.17, 15) is 18.1 Å². The topological polar surface area (TPSA) is 65.2 Å². The van der Waals surface area contributed by atoms with E-state index in [0.29, 0.717) is 6.20 Å². The molecular formula is C6H5F3N3O2+. The summed E-state index contributed by atoms with van der Waals surface area (Å²) >= 11 is 0. The molecule has 76 valence electrons. The molecular weight excluding hydrogens is 203 g/mol. The zero-order chi connectivity index (χ0) is 10.8. The molecule has 0 aliphatic heterocycles. The summed E-state index contributed by atoms with van der Waals surface area (Å²) < 4.78 is 36.0. The Hall–Kier alpha value is -1.86. The van der Waals surface area contributed by atoms with Gasteiger partial charge in [0.25, 0.3) is 0 Å². The zero-order valence-electron chi connectivity index (χ0n) is 6.62. The highest BCUT2D eigenvalue weighted by Gasteiger charge is 2.30. The highest BCUT2D eigenvalue weighted by Crippen LogP contribution is 2.28. The largest absolute Gasteiger partial charge is 0.417 e. The Kier molecular flexibility index (Phi) is 2.54. The molecule has 14 heavy (non-hydrogen) atoms. The van der Waals surface area contributed by atoms with E-state index in [0.717, 1.165) is 12.1 Å². The van der Waals surface area contributed by atoms with E-state index >= 15 is 0 Å². The summed E-state index contributed by atoms with van der Waals surface area (Å²) in [5.41, 5.74) is 0.806. The molecule has 0 aromatic carbocycles. The van der Waals surface area contributed by atoms with Crippen molar-refractivity contribution in [2.45, 2.75) is 6.18 Å². The summed E-state index contributed by atoms with van der Waals surface area (Å²) in [4.78, 5) is 13.2. The molecule has 1 rings (SSSR count). The SMILES string of the molecule is O=[N+](O)Nc1ccc(C(F)(F)F)cn1. The van der Waals surface area contributed by atoms with Crippen LogP contribution in [-0.4, -0.2) is 15.2 Å². The summed E-state index contributed by atoms with van der Waals surface area (Å²) in [6.45, 7) is 0. The molecule has 5 nitrogen and oxygen atoms in total. The smallest absolute Gasteiger partial charge is 0.233 e. The van der Waals surface area contributed by atoms with E-state index in [1.807, 2.05) is 0 Å². The number of hydrogen-bond acceptors (Lipinski definition) is 2. The van der Waals surface area contributed by atoms with Crippen molar-refractivity contribution < 1.29 is 23.4 Å². The lowest BCUT2D eigenvalue weighted by Crippen LogP contribution is -2.12. The summed E-state index contributed by atoms with van der Waals surface area (Å²) in [6.07, 6.45) is -3.92. The number of nitrogens with zero attached hydrogens (tertiary/aromatic N) is 2. The minimum atomic E-state index is -4.47. The number of halogens is 3. The molecule has 0 saturated carbocycles. The molecule has 0 aliphatic rings. The zero-order valence-corrected chi connectivity index (χ0v) is 6.62. The van der Waals surface area contributed by atoms with Gasteiger partial charge < -0.3 is 0 Å². The molecule has 0 spiro atoms. The first-order chi connectivity index (χ1) is 6.39. The van der Waals surface area contributed by atoms with Gasteiger partial charge in [-0.3, -0.25) is 0 Å². The van der Waals surface area contributed by atoms with E-state index in [1.165, 1.54) is 0 Å². The number of hydrogen-bond donors (Lipinski definition) is 2. The Bertz CT molecular complexity index is 335. The van der Waals surface area contributed by atoms with Crippen LogP contribution in [0.25, 0.3) is 0 Å². The second-order valence-electron chi connectivity index (χ2n) is 2.31. The maximum Gasteiger partial charge on any atom is 0.417 e. The van der Waals surface area contributed by atoms with Crippen LogP contribution in [0.5, 0.6) is 0 Å². The first kappa shape index (κ1) is 10.2. The number of nitrogens with one attached hydrogen (secondary N) is 1.